The Balaban J connectivity index is 0.00000341. The van der Waals surface area contributed by atoms with E-state index in [2.05, 4.69) is 10.1 Å². The number of hydrogen-bond donors (Lipinski definition) is 1. The number of carbonyl (C=O) groups is 1. The molecule has 1 aromatic heterocycles. The maximum absolute atomic E-state index is 13.0. The summed E-state index contributed by atoms with van der Waals surface area (Å²) in [5.41, 5.74) is 7.30. The minimum absolute atomic E-state index is 0. The van der Waals surface area contributed by atoms with Gasteiger partial charge in [0.2, 0.25) is 0 Å². The van der Waals surface area contributed by atoms with E-state index in [1.54, 1.807) is 21.7 Å². The molecule has 0 spiro atoms. The SMILES string of the molecule is CC(C)(C)OC(=O)N1CCN(C(N)=NCCc2ccn(-c3ccc(F)cc3)n2)CC1.I. The Morgan fingerprint density at radius 3 is 2.35 bits per heavy atom. The van der Waals surface area contributed by atoms with E-state index < -0.39 is 5.60 Å². The van der Waals surface area contributed by atoms with E-state index in [1.165, 1.54) is 12.1 Å². The molecule has 170 valence electrons. The van der Waals surface area contributed by atoms with Crippen molar-refractivity contribution in [2.75, 3.05) is 32.7 Å². The van der Waals surface area contributed by atoms with Crippen molar-refractivity contribution in [2.45, 2.75) is 32.8 Å². The van der Waals surface area contributed by atoms with Crippen LogP contribution in [0.15, 0.2) is 41.5 Å². The summed E-state index contributed by atoms with van der Waals surface area (Å²) in [5.74, 6) is 0.194. The van der Waals surface area contributed by atoms with Crippen molar-refractivity contribution in [1.29, 1.82) is 0 Å². The van der Waals surface area contributed by atoms with Crippen molar-refractivity contribution in [3.8, 4) is 5.69 Å². The summed E-state index contributed by atoms with van der Waals surface area (Å²) < 4.78 is 20.2. The molecule has 1 aliphatic heterocycles. The number of piperazine rings is 1. The minimum Gasteiger partial charge on any atom is -0.444 e. The Morgan fingerprint density at radius 1 is 1.13 bits per heavy atom. The van der Waals surface area contributed by atoms with Crippen LogP contribution in [0.3, 0.4) is 0 Å². The summed E-state index contributed by atoms with van der Waals surface area (Å²) in [6.07, 6.45) is 2.19. The molecule has 1 aromatic carbocycles. The third kappa shape index (κ3) is 7.37. The number of benzene rings is 1. The number of nitrogens with two attached hydrogens (primary N) is 1. The predicted molar refractivity (Wildman–Crippen MR) is 129 cm³/mol. The van der Waals surface area contributed by atoms with Crippen LogP contribution in [0, 0.1) is 5.82 Å². The minimum atomic E-state index is -0.502. The van der Waals surface area contributed by atoms with Gasteiger partial charge < -0.3 is 20.3 Å². The molecule has 10 heteroatoms. The highest BCUT2D eigenvalue weighted by Crippen LogP contribution is 2.12. The molecule has 0 aliphatic carbocycles. The lowest BCUT2D eigenvalue weighted by Gasteiger charge is -2.36. The van der Waals surface area contributed by atoms with Crippen LogP contribution in [0.4, 0.5) is 9.18 Å². The smallest absolute Gasteiger partial charge is 0.410 e. The quantitative estimate of drug-likeness (QED) is 0.363. The van der Waals surface area contributed by atoms with Crippen LogP contribution in [0.25, 0.3) is 5.69 Å². The molecular formula is C21H30FIN6O2. The lowest BCUT2D eigenvalue weighted by atomic mass is 10.2. The first-order valence-electron chi connectivity index (χ1n) is 10.0. The molecule has 1 fully saturated rings. The fraction of sp³-hybridized carbons (Fsp3) is 0.476. The fourth-order valence-corrected chi connectivity index (χ4v) is 3.06. The van der Waals surface area contributed by atoms with Crippen molar-refractivity contribution in [2.24, 2.45) is 10.7 Å². The van der Waals surface area contributed by atoms with Gasteiger partial charge in [0.15, 0.2) is 5.96 Å². The second-order valence-corrected chi connectivity index (χ2v) is 8.17. The van der Waals surface area contributed by atoms with Gasteiger partial charge in [-0.15, -0.1) is 24.0 Å². The van der Waals surface area contributed by atoms with Gasteiger partial charge in [0, 0.05) is 45.3 Å². The van der Waals surface area contributed by atoms with Gasteiger partial charge in [-0.05, 0) is 51.1 Å². The third-order valence-corrected chi connectivity index (χ3v) is 4.63. The first-order valence-corrected chi connectivity index (χ1v) is 10.0. The van der Waals surface area contributed by atoms with E-state index in [-0.39, 0.29) is 35.9 Å². The van der Waals surface area contributed by atoms with Crippen molar-refractivity contribution >= 4 is 36.0 Å². The van der Waals surface area contributed by atoms with Gasteiger partial charge in [0.05, 0.1) is 11.4 Å². The molecule has 3 rings (SSSR count). The standard InChI is InChI=1S/C21H29FN6O2.HI/c1-21(2,3)30-20(29)27-14-12-26(13-15-27)19(23)24-10-8-17-9-11-28(25-17)18-6-4-16(22)5-7-18;/h4-7,9,11H,8,10,12-15H2,1-3H3,(H2,23,24);1H. The monoisotopic (exact) mass is 544 g/mol. The first-order chi connectivity index (χ1) is 14.2. The largest absolute Gasteiger partial charge is 0.444 e. The van der Waals surface area contributed by atoms with Crippen LogP contribution >= 0.6 is 24.0 Å². The molecule has 1 aliphatic rings. The first kappa shape index (κ1) is 24.9. The average molecular weight is 544 g/mol. The van der Waals surface area contributed by atoms with E-state index in [0.717, 1.165) is 11.4 Å². The van der Waals surface area contributed by atoms with Crippen LogP contribution in [-0.4, -0.2) is 70.0 Å². The number of halogens is 2. The second kappa shape index (κ2) is 10.8. The summed E-state index contributed by atoms with van der Waals surface area (Å²) >= 11 is 0. The van der Waals surface area contributed by atoms with Gasteiger partial charge in [-0.2, -0.15) is 5.10 Å². The van der Waals surface area contributed by atoms with Crippen LogP contribution < -0.4 is 5.73 Å². The number of ether oxygens (including phenoxy) is 1. The zero-order chi connectivity index (χ0) is 21.7. The summed E-state index contributed by atoms with van der Waals surface area (Å²) in [5, 5.41) is 4.49. The Labute approximate surface area is 199 Å². The normalized spacial score (nSPS) is 14.9. The van der Waals surface area contributed by atoms with Crippen LogP contribution in [-0.2, 0) is 11.2 Å². The van der Waals surface area contributed by atoms with Crippen molar-refractivity contribution in [3.63, 3.8) is 0 Å². The summed E-state index contributed by atoms with van der Waals surface area (Å²) in [6, 6.07) is 8.08. The second-order valence-electron chi connectivity index (χ2n) is 8.17. The molecule has 1 saturated heterocycles. The van der Waals surface area contributed by atoms with Crippen molar-refractivity contribution < 1.29 is 13.9 Å². The fourth-order valence-electron chi connectivity index (χ4n) is 3.06. The lowest BCUT2D eigenvalue weighted by Crippen LogP contribution is -2.53. The van der Waals surface area contributed by atoms with E-state index >= 15 is 0 Å². The highest BCUT2D eigenvalue weighted by molar-refractivity contribution is 14.0. The molecule has 31 heavy (non-hydrogen) atoms. The predicted octanol–water partition coefficient (Wildman–Crippen LogP) is 3.04. The van der Waals surface area contributed by atoms with Gasteiger partial charge in [-0.3, -0.25) is 4.99 Å². The molecule has 0 saturated carbocycles. The Bertz CT molecular complexity index is 886. The molecule has 0 atom stereocenters. The zero-order valence-corrected chi connectivity index (χ0v) is 20.5. The third-order valence-electron chi connectivity index (χ3n) is 4.63. The highest BCUT2D eigenvalue weighted by atomic mass is 127. The molecule has 1 amide bonds. The molecule has 2 N–H and O–H groups in total. The number of aliphatic imine (C=N–C) groups is 1. The molecule has 0 bridgehead atoms. The van der Waals surface area contributed by atoms with Gasteiger partial charge in [0.1, 0.15) is 11.4 Å². The molecule has 2 aromatic rings. The number of amides is 1. The maximum atomic E-state index is 13.0. The van der Waals surface area contributed by atoms with Gasteiger partial charge in [-0.1, -0.05) is 0 Å². The average Bonchev–Trinajstić information content (AvgIpc) is 3.16. The number of rotatable bonds is 4. The van der Waals surface area contributed by atoms with Crippen molar-refractivity contribution in [1.82, 2.24) is 19.6 Å². The van der Waals surface area contributed by atoms with Crippen LogP contribution in [0.5, 0.6) is 0 Å². The number of carbonyl (C=O) groups excluding carboxylic acids is 1. The topological polar surface area (TPSA) is 89.0 Å². The number of guanidine groups is 1. The summed E-state index contributed by atoms with van der Waals surface area (Å²) in [4.78, 5) is 20.3. The van der Waals surface area contributed by atoms with E-state index in [9.17, 15) is 9.18 Å². The molecule has 2 heterocycles. The van der Waals surface area contributed by atoms with Crippen molar-refractivity contribution in [3.05, 3.63) is 48.0 Å². The molecule has 8 nitrogen and oxygen atoms in total. The Hall–Kier alpha value is -2.37. The number of nitrogens with zero attached hydrogens (tertiary/aromatic N) is 5. The summed E-state index contributed by atoms with van der Waals surface area (Å²) in [7, 11) is 0. The summed E-state index contributed by atoms with van der Waals surface area (Å²) in [6.45, 7) is 8.41. The Kier molecular flexibility index (Phi) is 8.66. The van der Waals surface area contributed by atoms with Crippen LogP contribution in [0.2, 0.25) is 0 Å². The van der Waals surface area contributed by atoms with E-state index in [1.807, 2.05) is 37.9 Å². The lowest BCUT2D eigenvalue weighted by molar-refractivity contribution is 0.0186. The van der Waals surface area contributed by atoms with Gasteiger partial charge >= 0.3 is 6.09 Å². The molecule has 0 radical (unpaired) electrons. The maximum Gasteiger partial charge on any atom is 0.410 e. The van der Waals surface area contributed by atoms with Gasteiger partial charge in [0.25, 0.3) is 0 Å². The molecular weight excluding hydrogens is 514 g/mol. The highest BCUT2D eigenvalue weighted by Gasteiger charge is 2.26. The zero-order valence-electron chi connectivity index (χ0n) is 18.1. The molecule has 0 unspecified atom stereocenters. The van der Waals surface area contributed by atoms with Gasteiger partial charge in [-0.25, -0.2) is 13.9 Å². The Morgan fingerprint density at radius 2 is 1.74 bits per heavy atom. The van der Waals surface area contributed by atoms with E-state index in [4.69, 9.17) is 10.5 Å². The van der Waals surface area contributed by atoms with Crippen LogP contribution in [0.1, 0.15) is 26.5 Å². The number of aromatic nitrogens is 2. The number of hydrogen-bond acceptors (Lipinski definition) is 4. The van der Waals surface area contributed by atoms with E-state index in [0.29, 0.717) is 45.1 Å².